The maximum absolute atomic E-state index is 12.9. The number of esters is 1. The van der Waals surface area contributed by atoms with E-state index in [0.717, 1.165) is 6.92 Å². The van der Waals surface area contributed by atoms with Gasteiger partial charge in [-0.15, -0.1) is 0 Å². The van der Waals surface area contributed by atoms with Gasteiger partial charge in [0.2, 0.25) is 11.6 Å². The van der Waals surface area contributed by atoms with Gasteiger partial charge in [0, 0.05) is 23.0 Å². The molecule has 2 aromatic carbocycles. The molecule has 0 aromatic heterocycles. The summed E-state index contributed by atoms with van der Waals surface area (Å²) in [6, 6.07) is 12.4. The zero-order valence-corrected chi connectivity index (χ0v) is 15.4. The summed E-state index contributed by atoms with van der Waals surface area (Å²) in [6.45, 7) is 0.485. The van der Waals surface area contributed by atoms with Crippen LogP contribution in [0.15, 0.2) is 60.2 Å². The molecule has 1 aliphatic rings. The highest BCUT2D eigenvalue weighted by Gasteiger charge is 2.45. The Morgan fingerprint density at radius 2 is 1.62 bits per heavy atom. The van der Waals surface area contributed by atoms with Gasteiger partial charge in [-0.2, -0.15) is 0 Å². The summed E-state index contributed by atoms with van der Waals surface area (Å²) in [5.74, 6) is -4.39. The number of aliphatic hydroxyl groups is 1. The summed E-state index contributed by atoms with van der Waals surface area (Å²) in [4.78, 5) is 47.9. The third kappa shape index (κ3) is 3.77. The summed E-state index contributed by atoms with van der Waals surface area (Å²) in [6.07, 6.45) is 0. The molecule has 0 amide bonds. The van der Waals surface area contributed by atoms with E-state index in [9.17, 15) is 29.6 Å². The molecule has 0 fully saturated rings. The number of fused-ring (bicyclic) bond motifs is 1. The van der Waals surface area contributed by atoms with E-state index in [1.165, 1.54) is 12.1 Å². The SMILES string of the molecule is CC(=O)OC[C@@H]([C@@H](C1=C(O)c2ccccc2C(=O)C1=O)c1ccccc1)[N+](=O)[O-]. The van der Waals surface area contributed by atoms with E-state index in [1.807, 2.05) is 0 Å². The highest BCUT2D eigenvalue weighted by Crippen LogP contribution is 2.38. The molecule has 1 aliphatic carbocycles. The molecule has 29 heavy (non-hydrogen) atoms. The number of ketones is 2. The molecule has 1 N–H and O–H groups in total. The van der Waals surface area contributed by atoms with E-state index >= 15 is 0 Å². The average molecular weight is 395 g/mol. The largest absolute Gasteiger partial charge is 0.507 e. The van der Waals surface area contributed by atoms with Gasteiger partial charge >= 0.3 is 5.97 Å². The van der Waals surface area contributed by atoms with Crippen molar-refractivity contribution in [3.05, 3.63) is 87.0 Å². The molecule has 0 bridgehead atoms. The van der Waals surface area contributed by atoms with Gasteiger partial charge in [-0.05, 0) is 5.56 Å². The number of carbonyl (C=O) groups excluding carboxylic acids is 3. The molecule has 8 heteroatoms. The first-order valence-electron chi connectivity index (χ1n) is 8.76. The fraction of sp³-hybridized carbons (Fsp3) is 0.190. The van der Waals surface area contributed by atoms with Crippen molar-refractivity contribution in [1.29, 1.82) is 0 Å². The standard InChI is InChI=1S/C21H17NO7/c1-12(23)29-11-16(22(27)28)17(13-7-3-2-4-8-13)18-19(24)14-9-5-6-10-15(14)20(25)21(18)26/h2-10,16-17,24H,11H2,1H3/t16-,17-/m0/s1. The zero-order valence-electron chi connectivity index (χ0n) is 15.4. The second-order valence-electron chi connectivity index (χ2n) is 6.51. The second-order valence-corrected chi connectivity index (χ2v) is 6.51. The van der Waals surface area contributed by atoms with Gasteiger partial charge in [0.1, 0.15) is 5.76 Å². The Morgan fingerprint density at radius 1 is 1.03 bits per heavy atom. The van der Waals surface area contributed by atoms with Crippen molar-refractivity contribution < 1.29 is 29.2 Å². The third-order valence-electron chi connectivity index (χ3n) is 4.72. The minimum Gasteiger partial charge on any atom is -0.507 e. The summed E-state index contributed by atoms with van der Waals surface area (Å²) in [5, 5.41) is 22.6. The van der Waals surface area contributed by atoms with Crippen molar-refractivity contribution in [3.8, 4) is 0 Å². The molecular weight excluding hydrogens is 378 g/mol. The molecule has 8 nitrogen and oxygen atoms in total. The van der Waals surface area contributed by atoms with Crippen LogP contribution in [0.25, 0.3) is 5.76 Å². The third-order valence-corrected chi connectivity index (χ3v) is 4.72. The number of nitro groups is 1. The van der Waals surface area contributed by atoms with Crippen LogP contribution in [0.1, 0.15) is 34.3 Å². The number of nitrogens with zero attached hydrogens (tertiary/aromatic N) is 1. The molecule has 3 rings (SSSR count). The molecule has 148 valence electrons. The first-order chi connectivity index (χ1) is 13.8. The highest BCUT2D eigenvalue weighted by molar-refractivity contribution is 6.52. The van der Waals surface area contributed by atoms with E-state index in [-0.39, 0.29) is 16.7 Å². The van der Waals surface area contributed by atoms with Crippen LogP contribution in [-0.2, 0) is 14.3 Å². The van der Waals surface area contributed by atoms with E-state index in [4.69, 9.17) is 4.74 Å². The van der Waals surface area contributed by atoms with E-state index in [1.54, 1.807) is 42.5 Å². The van der Waals surface area contributed by atoms with Crippen molar-refractivity contribution >= 4 is 23.3 Å². The van der Waals surface area contributed by atoms with Gasteiger partial charge in [-0.3, -0.25) is 24.5 Å². The van der Waals surface area contributed by atoms with Crippen LogP contribution in [-0.4, -0.2) is 40.2 Å². The van der Waals surface area contributed by atoms with Gasteiger partial charge < -0.3 is 9.84 Å². The quantitative estimate of drug-likeness (QED) is 0.345. The molecule has 0 saturated carbocycles. The van der Waals surface area contributed by atoms with Crippen molar-refractivity contribution in [2.75, 3.05) is 6.61 Å². The van der Waals surface area contributed by atoms with Crippen molar-refractivity contribution in [2.24, 2.45) is 0 Å². The monoisotopic (exact) mass is 395 g/mol. The van der Waals surface area contributed by atoms with Gasteiger partial charge in [-0.25, -0.2) is 0 Å². The van der Waals surface area contributed by atoms with Crippen molar-refractivity contribution in [2.45, 2.75) is 18.9 Å². The van der Waals surface area contributed by atoms with Gasteiger partial charge in [-0.1, -0.05) is 54.6 Å². The molecule has 0 saturated heterocycles. The molecule has 2 atom stereocenters. The number of Topliss-reactive ketones (excluding diaryl/α,β-unsaturated/α-hetero) is 2. The topological polar surface area (TPSA) is 124 Å². The number of ether oxygens (including phenoxy) is 1. The maximum atomic E-state index is 12.9. The summed E-state index contributed by atoms with van der Waals surface area (Å²) in [5.41, 5.74) is 0.114. The first kappa shape index (κ1) is 19.9. The van der Waals surface area contributed by atoms with Gasteiger partial charge in [0.15, 0.2) is 6.61 Å². The van der Waals surface area contributed by atoms with E-state index < -0.39 is 46.8 Å². The highest BCUT2D eigenvalue weighted by atomic mass is 16.6. The van der Waals surface area contributed by atoms with Crippen molar-refractivity contribution in [1.82, 2.24) is 0 Å². The van der Waals surface area contributed by atoms with E-state index in [2.05, 4.69) is 0 Å². The molecule has 0 aliphatic heterocycles. The molecule has 0 unspecified atom stereocenters. The molecule has 0 spiro atoms. The Hall–Kier alpha value is -3.81. The number of carbonyl (C=O) groups is 3. The molecular formula is C21H17NO7. The van der Waals surface area contributed by atoms with Gasteiger partial charge in [0.05, 0.1) is 11.5 Å². The fourth-order valence-corrected chi connectivity index (χ4v) is 3.40. The molecule has 2 aromatic rings. The lowest BCUT2D eigenvalue weighted by molar-refractivity contribution is -0.528. The predicted molar refractivity (Wildman–Crippen MR) is 102 cm³/mol. The second kappa shape index (κ2) is 8.05. The molecule has 0 heterocycles. The average Bonchev–Trinajstić information content (AvgIpc) is 2.71. The van der Waals surface area contributed by atoms with Crippen LogP contribution in [0.3, 0.4) is 0 Å². The normalized spacial score (nSPS) is 15.5. The Morgan fingerprint density at radius 3 is 2.21 bits per heavy atom. The minimum atomic E-state index is -1.58. The number of rotatable bonds is 6. The lowest BCUT2D eigenvalue weighted by Crippen LogP contribution is -2.38. The summed E-state index contributed by atoms with van der Waals surface area (Å²) >= 11 is 0. The van der Waals surface area contributed by atoms with Crippen LogP contribution in [0.2, 0.25) is 0 Å². The lowest BCUT2D eigenvalue weighted by atomic mass is 9.76. The predicted octanol–water partition coefficient (Wildman–Crippen LogP) is 2.71. The first-order valence-corrected chi connectivity index (χ1v) is 8.76. The van der Waals surface area contributed by atoms with Crippen LogP contribution in [0.5, 0.6) is 0 Å². The van der Waals surface area contributed by atoms with E-state index in [0.29, 0.717) is 5.56 Å². The molecule has 0 radical (unpaired) electrons. The fourth-order valence-electron chi connectivity index (χ4n) is 3.40. The summed E-state index contributed by atoms with van der Waals surface area (Å²) < 4.78 is 4.84. The maximum Gasteiger partial charge on any atom is 0.302 e. The number of aliphatic hydroxyl groups excluding tert-OH is 1. The van der Waals surface area contributed by atoms with Crippen LogP contribution < -0.4 is 0 Å². The van der Waals surface area contributed by atoms with Crippen LogP contribution in [0.4, 0.5) is 0 Å². The van der Waals surface area contributed by atoms with Crippen LogP contribution >= 0.6 is 0 Å². The Balaban J connectivity index is 2.23. The lowest BCUT2D eigenvalue weighted by Gasteiger charge is -2.26. The number of hydrogen-bond donors (Lipinski definition) is 1. The zero-order chi connectivity index (χ0) is 21.1. The Labute approximate surface area is 165 Å². The number of benzene rings is 2. The van der Waals surface area contributed by atoms with Gasteiger partial charge in [0.25, 0.3) is 6.04 Å². The summed E-state index contributed by atoms with van der Waals surface area (Å²) in [7, 11) is 0. The minimum absolute atomic E-state index is 0.0307. The Kier molecular flexibility index (Phi) is 5.54. The van der Waals surface area contributed by atoms with Crippen LogP contribution in [0, 0.1) is 10.1 Å². The number of hydrogen-bond acceptors (Lipinski definition) is 7. The smallest absolute Gasteiger partial charge is 0.302 e. The van der Waals surface area contributed by atoms with Crippen molar-refractivity contribution in [3.63, 3.8) is 0 Å². The Bertz CT molecular complexity index is 1030.